The molecule has 0 aliphatic carbocycles. The van der Waals surface area contributed by atoms with E-state index in [2.05, 4.69) is 0 Å². The van der Waals surface area contributed by atoms with E-state index in [0.717, 1.165) is 0 Å². The Kier molecular flexibility index (Phi) is 3.08. The summed E-state index contributed by atoms with van der Waals surface area (Å²) in [5, 5.41) is 16.8. The van der Waals surface area contributed by atoms with Crippen LogP contribution in [0.25, 0.3) is 0 Å². The number of alkyl halides is 1. The van der Waals surface area contributed by atoms with E-state index in [1.807, 2.05) is 0 Å². The van der Waals surface area contributed by atoms with Gasteiger partial charge in [-0.3, -0.25) is 0 Å². The van der Waals surface area contributed by atoms with Crippen molar-refractivity contribution in [1.82, 2.24) is 0 Å². The second-order valence-corrected chi connectivity index (χ2v) is 2.99. The Morgan fingerprint density at radius 2 is 1.47 bits per heavy atom. The molecule has 0 aliphatic heterocycles. The number of carboxylic acids is 2. The van der Waals surface area contributed by atoms with Gasteiger partial charge in [0.05, 0.1) is 5.56 Å². The lowest BCUT2D eigenvalue weighted by molar-refractivity contribution is -0.168. The van der Waals surface area contributed by atoms with Crippen molar-refractivity contribution in [2.75, 3.05) is 0 Å². The van der Waals surface area contributed by atoms with Crippen molar-refractivity contribution in [2.45, 2.75) is 5.67 Å². The molecule has 1 rings (SSSR count). The Morgan fingerprint density at radius 3 is 1.88 bits per heavy atom. The summed E-state index contributed by atoms with van der Waals surface area (Å²) < 4.78 is 52.0. The van der Waals surface area contributed by atoms with Crippen LogP contribution < -0.4 is 0 Å². The molecule has 0 aliphatic rings. The molecule has 0 unspecified atom stereocenters. The molecule has 1 aromatic rings. The maximum absolute atomic E-state index is 13.6. The summed E-state index contributed by atoms with van der Waals surface area (Å²) in [4.78, 5) is 20.9. The van der Waals surface area contributed by atoms with Crippen molar-refractivity contribution >= 4 is 11.9 Å². The predicted molar refractivity (Wildman–Crippen MR) is 44.4 cm³/mol. The summed E-state index contributed by atoms with van der Waals surface area (Å²) in [5.74, 6) is -11.1. The number of hydrogen-bond acceptors (Lipinski definition) is 2. The molecule has 92 valence electrons. The van der Waals surface area contributed by atoms with Crippen molar-refractivity contribution in [1.29, 1.82) is 0 Å². The van der Waals surface area contributed by atoms with E-state index in [9.17, 15) is 27.2 Å². The molecule has 17 heavy (non-hydrogen) atoms. The number of hydrogen-bond donors (Lipinski definition) is 2. The van der Waals surface area contributed by atoms with E-state index in [-0.39, 0.29) is 12.1 Å². The van der Waals surface area contributed by atoms with Crippen LogP contribution in [-0.4, -0.2) is 22.2 Å². The normalized spacial score (nSPS) is 11.3. The van der Waals surface area contributed by atoms with E-state index in [0.29, 0.717) is 0 Å². The van der Waals surface area contributed by atoms with Crippen LogP contribution in [0.5, 0.6) is 0 Å². The molecule has 1 aromatic carbocycles. The number of aliphatic carboxylic acids is 2. The first-order chi connectivity index (χ1) is 7.72. The second-order valence-electron chi connectivity index (χ2n) is 2.99. The maximum atomic E-state index is 13.6. The molecule has 0 saturated heterocycles. The first-order valence-electron chi connectivity index (χ1n) is 4.02. The van der Waals surface area contributed by atoms with Gasteiger partial charge in [-0.1, -0.05) is 0 Å². The highest BCUT2D eigenvalue weighted by atomic mass is 19.2. The minimum atomic E-state index is -4.18. The average molecular weight is 252 g/mol. The fourth-order valence-electron chi connectivity index (χ4n) is 1.11. The van der Waals surface area contributed by atoms with Gasteiger partial charge in [0, 0.05) is 0 Å². The highest BCUT2D eigenvalue weighted by Gasteiger charge is 2.52. The van der Waals surface area contributed by atoms with E-state index in [1.54, 1.807) is 0 Å². The van der Waals surface area contributed by atoms with Gasteiger partial charge in [-0.05, 0) is 12.1 Å². The number of benzene rings is 1. The Labute approximate surface area is 91.1 Å². The number of carboxylic acid groups (broad SMARTS) is 2. The molecule has 0 atom stereocenters. The van der Waals surface area contributed by atoms with Crippen LogP contribution in [0.15, 0.2) is 12.1 Å². The van der Waals surface area contributed by atoms with Gasteiger partial charge < -0.3 is 10.2 Å². The molecule has 0 radical (unpaired) electrons. The van der Waals surface area contributed by atoms with Crippen LogP contribution in [0, 0.1) is 17.5 Å². The zero-order chi connectivity index (χ0) is 13.4. The van der Waals surface area contributed by atoms with Crippen molar-refractivity contribution in [3.8, 4) is 0 Å². The van der Waals surface area contributed by atoms with Crippen molar-refractivity contribution in [3.63, 3.8) is 0 Å². The van der Waals surface area contributed by atoms with E-state index >= 15 is 0 Å². The van der Waals surface area contributed by atoms with Gasteiger partial charge >= 0.3 is 17.6 Å². The molecule has 8 heteroatoms. The Hall–Kier alpha value is -2.12. The van der Waals surface area contributed by atoms with Gasteiger partial charge in [-0.25, -0.2) is 27.2 Å². The molecule has 2 N–H and O–H groups in total. The lowest BCUT2D eigenvalue weighted by Gasteiger charge is -2.16. The fourth-order valence-corrected chi connectivity index (χ4v) is 1.11. The molecule has 0 aromatic heterocycles. The standard InChI is InChI=1S/C9H4F4O4/c10-4-2-1-3(5(11)6(4)12)9(13,7(14)15)8(16)17/h1-2H,(H,14,15)(H,16,17). The summed E-state index contributed by atoms with van der Waals surface area (Å²) in [5.41, 5.74) is -5.80. The molecular formula is C9H4F4O4. The summed E-state index contributed by atoms with van der Waals surface area (Å²) in [6.07, 6.45) is 0. The Bertz CT molecular complexity index is 486. The van der Waals surface area contributed by atoms with Crippen molar-refractivity contribution < 1.29 is 37.4 Å². The minimum Gasteiger partial charge on any atom is -0.478 e. The maximum Gasteiger partial charge on any atom is 0.358 e. The third-order valence-electron chi connectivity index (χ3n) is 2.00. The minimum absolute atomic E-state index is 0.218. The number of carbonyl (C=O) groups is 2. The third-order valence-corrected chi connectivity index (χ3v) is 2.00. The molecule has 0 amide bonds. The van der Waals surface area contributed by atoms with Crippen LogP contribution in [-0.2, 0) is 15.3 Å². The SMILES string of the molecule is O=C(O)C(F)(C(=O)O)c1ccc(F)c(F)c1F. The second kappa shape index (κ2) is 4.04. The number of rotatable bonds is 3. The lowest BCUT2D eigenvalue weighted by atomic mass is 9.95. The smallest absolute Gasteiger partial charge is 0.358 e. The van der Waals surface area contributed by atoms with Crippen molar-refractivity contribution in [2.24, 2.45) is 0 Å². The van der Waals surface area contributed by atoms with Crippen molar-refractivity contribution in [3.05, 3.63) is 35.1 Å². The summed E-state index contributed by atoms with van der Waals surface area (Å²) in [7, 11) is 0. The quantitative estimate of drug-likeness (QED) is 0.485. The first kappa shape index (κ1) is 12.9. The van der Waals surface area contributed by atoms with Crippen LogP contribution in [0.3, 0.4) is 0 Å². The monoisotopic (exact) mass is 252 g/mol. The molecule has 0 bridgehead atoms. The van der Waals surface area contributed by atoms with Gasteiger partial charge in [0.1, 0.15) is 0 Å². The molecule has 0 spiro atoms. The van der Waals surface area contributed by atoms with E-state index < -0.39 is 40.6 Å². The zero-order valence-electron chi connectivity index (χ0n) is 7.88. The summed E-state index contributed by atoms with van der Waals surface area (Å²) >= 11 is 0. The van der Waals surface area contributed by atoms with Gasteiger partial charge in [-0.15, -0.1) is 0 Å². The van der Waals surface area contributed by atoms with Crippen LogP contribution in [0.1, 0.15) is 5.56 Å². The summed E-state index contributed by atoms with van der Waals surface area (Å²) in [6.45, 7) is 0. The molecule has 4 nitrogen and oxygen atoms in total. The first-order valence-corrected chi connectivity index (χ1v) is 4.02. The van der Waals surface area contributed by atoms with Gasteiger partial charge in [0.25, 0.3) is 0 Å². The van der Waals surface area contributed by atoms with Gasteiger partial charge in [0.2, 0.25) is 0 Å². The van der Waals surface area contributed by atoms with E-state index in [1.165, 1.54) is 0 Å². The Morgan fingerprint density at radius 1 is 1.00 bits per heavy atom. The molecular weight excluding hydrogens is 248 g/mol. The molecule has 0 fully saturated rings. The van der Waals surface area contributed by atoms with Crippen LogP contribution >= 0.6 is 0 Å². The average Bonchev–Trinajstić information content (AvgIpc) is 2.24. The predicted octanol–water partition coefficient (Wildman–Crippen LogP) is 1.44. The van der Waals surface area contributed by atoms with Gasteiger partial charge in [0.15, 0.2) is 17.5 Å². The Balaban J connectivity index is 3.57. The molecule has 0 saturated carbocycles. The summed E-state index contributed by atoms with van der Waals surface area (Å²) in [6, 6.07) is 0.448. The topological polar surface area (TPSA) is 74.6 Å². The highest BCUT2D eigenvalue weighted by molar-refractivity contribution is 6.02. The lowest BCUT2D eigenvalue weighted by Crippen LogP contribution is -2.40. The largest absolute Gasteiger partial charge is 0.478 e. The van der Waals surface area contributed by atoms with E-state index in [4.69, 9.17) is 10.2 Å². The third kappa shape index (κ3) is 1.81. The van der Waals surface area contributed by atoms with Gasteiger partial charge in [-0.2, -0.15) is 0 Å². The number of halogens is 4. The fraction of sp³-hybridized carbons (Fsp3) is 0.111. The zero-order valence-corrected chi connectivity index (χ0v) is 7.88. The van der Waals surface area contributed by atoms with Crippen LogP contribution in [0.4, 0.5) is 17.6 Å². The highest BCUT2D eigenvalue weighted by Crippen LogP contribution is 2.31. The molecule has 0 heterocycles. The van der Waals surface area contributed by atoms with Crippen LogP contribution in [0.2, 0.25) is 0 Å².